The Bertz CT molecular complexity index is 1120. The van der Waals surface area contributed by atoms with Crippen LogP contribution < -0.4 is 10.2 Å². The second kappa shape index (κ2) is 7.98. The fraction of sp³-hybridized carbons (Fsp3) is 0.0870. The quantitative estimate of drug-likeness (QED) is 0.534. The van der Waals surface area contributed by atoms with Gasteiger partial charge in [0, 0.05) is 60.8 Å². The van der Waals surface area contributed by atoms with Gasteiger partial charge in [0.05, 0.1) is 11.8 Å². The van der Waals surface area contributed by atoms with E-state index < -0.39 is 0 Å². The average molecular weight is 383 g/mol. The number of hydrogen-bond donors (Lipinski definition) is 2. The zero-order valence-electron chi connectivity index (χ0n) is 16.3. The minimum absolute atomic E-state index is 0.208. The molecule has 0 aliphatic rings. The van der Waals surface area contributed by atoms with E-state index in [9.17, 15) is 4.79 Å². The Labute approximate surface area is 169 Å². The fourth-order valence-electron chi connectivity index (χ4n) is 3.11. The van der Waals surface area contributed by atoms with Crippen LogP contribution in [0, 0.1) is 0 Å². The molecule has 2 N–H and O–H groups in total. The van der Waals surface area contributed by atoms with E-state index in [2.05, 4.69) is 20.5 Å². The van der Waals surface area contributed by atoms with Crippen molar-refractivity contribution in [3.8, 4) is 22.3 Å². The van der Waals surface area contributed by atoms with Crippen molar-refractivity contribution in [3.63, 3.8) is 0 Å². The van der Waals surface area contributed by atoms with Crippen LogP contribution in [0.1, 0.15) is 10.4 Å². The number of aromatic nitrogens is 3. The SMILES string of the molecule is CN(C)c1ccc(-c2cncc(C(=O)Nc3ccccc3-c3cn[nH]c3)c2)cc1. The molecule has 0 spiro atoms. The van der Waals surface area contributed by atoms with Gasteiger partial charge in [-0.25, -0.2) is 0 Å². The van der Waals surface area contributed by atoms with Gasteiger partial charge in [0.25, 0.3) is 5.91 Å². The molecule has 0 radical (unpaired) electrons. The first-order valence-electron chi connectivity index (χ1n) is 9.24. The van der Waals surface area contributed by atoms with Crippen LogP contribution in [-0.4, -0.2) is 35.2 Å². The molecule has 0 aliphatic heterocycles. The number of H-pyrrole nitrogens is 1. The van der Waals surface area contributed by atoms with Crippen molar-refractivity contribution in [3.05, 3.63) is 84.9 Å². The van der Waals surface area contributed by atoms with Crippen LogP contribution in [0.2, 0.25) is 0 Å². The molecule has 0 atom stereocenters. The number of rotatable bonds is 5. The van der Waals surface area contributed by atoms with Crippen molar-refractivity contribution in [2.75, 3.05) is 24.3 Å². The lowest BCUT2D eigenvalue weighted by Gasteiger charge is -2.13. The van der Waals surface area contributed by atoms with E-state index >= 15 is 0 Å². The zero-order valence-corrected chi connectivity index (χ0v) is 16.3. The standard InChI is InChI=1S/C23H21N5O/c1-28(2)20-9-7-16(8-10-20)17-11-18(13-24-12-17)23(29)27-22-6-4-3-5-21(22)19-14-25-26-15-19/h3-15H,1-2H3,(H,25,26)(H,27,29). The second-order valence-electron chi connectivity index (χ2n) is 6.89. The van der Waals surface area contributed by atoms with E-state index in [1.807, 2.05) is 73.6 Å². The van der Waals surface area contributed by atoms with Gasteiger partial charge in [0.15, 0.2) is 0 Å². The van der Waals surface area contributed by atoms with E-state index in [0.717, 1.165) is 33.6 Å². The fourth-order valence-corrected chi connectivity index (χ4v) is 3.11. The van der Waals surface area contributed by atoms with Crippen LogP contribution in [-0.2, 0) is 0 Å². The molecule has 0 bridgehead atoms. The summed E-state index contributed by atoms with van der Waals surface area (Å²) in [6.45, 7) is 0. The number of amides is 1. The van der Waals surface area contributed by atoms with Gasteiger partial charge in [-0.15, -0.1) is 0 Å². The van der Waals surface area contributed by atoms with E-state index in [1.54, 1.807) is 24.8 Å². The summed E-state index contributed by atoms with van der Waals surface area (Å²) in [5.74, 6) is -0.208. The first kappa shape index (κ1) is 18.4. The Morgan fingerprint density at radius 3 is 2.45 bits per heavy atom. The Balaban J connectivity index is 1.59. The molecule has 2 aromatic heterocycles. The molecule has 2 heterocycles. The summed E-state index contributed by atoms with van der Waals surface area (Å²) in [7, 11) is 4.01. The van der Waals surface area contributed by atoms with Crippen molar-refractivity contribution < 1.29 is 4.79 Å². The predicted molar refractivity (Wildman–Crippen MR) is 116 cm³/mol. The van der Waals surface area contributed by atoms with Crippen LogP contribution in [0.15, 0.2) is 79.4 Å². The third-order valence-electron chi connectivity index (χ3n) is 4.70. The Hall–Kier alpha value is -3.93. The molecule has 4 rings (SSSR count). The highest BCUT2D eigenvalue weighted by atomic mass is 16.1. The molecule has 6 nitrogen and oxygen atoms in total. The molecule has 0 unspecified atom stereocenters. The smallest absolute Gasteiger partial charge is 0.257 e. The molecule has 144 valence electrons. The number of nitrogens with one attached hydrogen (secondary N) is 2. The lowest BCUT2D eigenvalue weighted by atomic mass is 10.0. The first-order valence-corrected chi connectivity index (χ1v) is 9.24. The molecule has 4 aromatic rings. The number of carbonyl (C=O) groups excluding carboxylic acids is 1. The number of hydrogen-bond acceptors (Lipinski definition) is 4. The highest BCUT2D eigenvalue weighted by Gasteiger charge is 2.12. The van der Waals surface area contributed by atoms with Gasteiger partial charge in [-0.3, -0.25) is 14.9 Å². The van der Waals surface area contributed by atoms with Crippen molar-refractivity contribution in [2.45, 2.75) is 0 Å². The van der Waals surface area contributed by atoms with Crippen molar-refractivity contribution in [1.29, 1.82) is 0 Å². The molecule has 0 aliphatic carbocycles. The third kappa shape index (κ3) is 4.01. The van der Waals surface area contributed by atoms with Gasteiger partial charge in [-0.1, -0.05) is 30.3 Å². The molecule has 0 saturated heterocycles. The number of nitrogens with zero attached hydrogens (tertiary/aromatic N) is 3. The number of aromatic amines is 1. The normalized spacial score (nSPS) is 10.6. The van der Waals surface area contributed by atoms with E-state index in [0.29, 0.717) is 5.56 Å². The molecular weight excluding hydrogens is 362 g/mol. The third-order valence-corrected chi connectivity index (χ3v) is 4.70. The number of para-hydroxylation sites is 1. The van der Waals surface area contributed by atoms with Gasteiger partial charge < -0.3 is 10.2 Å². The lowest BCUT2D eigenvalue weighted by Crippen LogP contribution is -2.13. The summed E-state index contributed by atoms with van der Waals surface area (Å²) in [6, 6.07) is 17.6. The summed E-state index contributed by atoms with van der Waals surface area (Å²) in [4.78, 5) is 19.2. The molecule has 0 saturated carbocycles. The number of benzene rings is 2. The van der Waals surface area contributed by atoms with E-state index in [1.165, 1.54) is 0 Å². The molecular formula is C23H21N5O. The zero-order chi connectivity index (χ0) is 20.2. The maximum Gasteiger partial charge on any atom is 0.257 e. The highest BCUT2D eigenvalue weighted by Crippen LogP contribution is 2.28. The first-order chi connectivity index (χ1) is 14.1. The van der Waals surface area contributed by atoms with Crippen LogP contribution in [0.3, 0.4) is 0 Å². The largest absolute Gasteiger partial charge is 0.378 e. The van der Waals surface area contributed by atoms with Gasteiger partial charge >= 0.3 is 0 Å². The molecule has 1 amide bonds. The van der Waals surface area contributed by atoms with Crippen LogP contribution in [0.4, 0.5) is 11.4 Å². The Kier molecular flexibility index (Phi) is 5.07. The van der Waals surface area contributed by atoms with Gasteiger partial charge in [-0.05, 0) is 29.8 Å². The lowest BCUT2D eigenvalue weighted by molar-refractivity contribution is 0.102. The Morgan fingerprint density at radius 1 is 0.931 bits per heavy atom. The summed E-state index contributed by atoms with van der Waals surface area (Å²) >= 11 is 0. The van der Waals surface area contributed by atoms with E-state index in [4.69, 9.17) is 0 Å². The van der Waals surface area contributed by atoms with Gasteiger partial charge in [-0.2, -0.15) is 5.10 Å². The monoisotopic (exact) mass is 383 g/mol. The van der Waals surface area contributed by atoms with Crippen LogP contribution in [0.25, 0.3) is 22.3 Å². The predicted octanol–water partition coefficient (Wildman–Crippen LogP) is 4.46. The summed E-state index contributed by atoms with van der Waals surface area (Å²) in [5.41, 5.74) is 6.06. The molecule has 6 heteroatoms. The van der Waals surface area contributed by atoms with Gasteiger partial charge in [0.2, 0.25) is 0 Å². The average Bonchev–Trinajstić information content (AvgIpc) is 3.29. The molecule has 29 heavy (non-hydrogen) atoms. The second-order valence-corrected chi connectivity index (χ2v) is 6.89. The van der Waals surface area contributed by atoms with Crippen molar-refractivity contribution >= 4 is 17.3 Å². The minimum Gasteiger partial charge on any atom is -0.378 e. The van der Waals surface area contributed by atoms with E-state index in [-0.39, 0.29) is 5.91 Å². The number of pyridine rings is 1. The summed E-state index contributed by atoms with van der Waals surface area (Å²) in [6.07, 6.45) is 6.86. The Morgan fingerprint density at radius 2 is 1.72 bits per heavy atom. The number of anilines is 2. The van der Waals surface area contributed by atoms with Crippen LogP contribution >= 0.6 is 0 Å². The molecule has 0 fully saturated rings. The molecule has 2 aromatic carbocycles. The van der Waals surface area contributed by atoms with Crippen molar-refractivity contribution in [1.82, 2.24) is 15.2 Å². The topological polar surface area (TPSA) is 73.9 Å². The van der Waals surface area contributed by atoms with Crippen LogP contribution in [0.5, 0.6) is 0 Å². The maximum atomic E-state index is 12.9. The summed E-state index contributed by atoms with van der Waals surface area (Å²) < 4.78 is 0. The highest BCUT2D eigenvalue weighted by molar-refractivity contribution is 6.06. The van der Waals surface area contributed by atoms with Crippen molar-refractivity contribution in [2.24, 2.45) is 0 Å². The minimum atomic E-state index is -0.208. The van der Waals surface area contributed by atoms with Gasteiger partial charge in [0.1, 0.15) is 0 Å². The number of carbonyl (C=O) groups is 1. The summed E-state index contributed by atoms with van der Waals surface area (Å²) in [5, 5.41) is 9.78. The maximum absolute atomic E-state index is 12.9.